The lowest BCUT2D eigenvalue weighted by molar-refractivity contribution is -0.0667. The third-order valence-electron chi connectivity index (χ3n) is 17.9. The van der Waals surface area contributed by atoms with Gasteiger partial charge in [-0.15, -0.1) is 0 Å². The molecule has 0 saturated heterocycles. The minimum Gasteiger partial charge on any atom is -0.382 e. The molecule has 26 heteroatoms. The number of methoxy groups -OCH3 is 5. The number of ether oxygens (including phenoxy) is 26. The van der Waals surface area contributed by atoms with Crippen LogP contribution in [0.4, 0.5) is 0 Å². The van der Waals surface area contributed by atoms with Gasteiger partial charge in [-0.05, 0) is 218 Å². The summed E-state index contributed by atoms with van der Waals surface area (Å²) < 4.78 is 139. The van der Waals surface area contributed by atoms with Crippen molar-refractivity contribution < 1.29 is 123 Å². The maximum Gasteiger partial charge on any atom is 0.146 e. The van der Waals surface area contributed by atoms with E-state index in [0.717, 1.165) is 197 Å². The summed E-state index contributed by atoms with van der Waals surface area (Å²) in [6.45, 7) is 82.8. The molecule has 0 spiro atoms. The van der Waals surface area contributed by atoms with Gasteiger partial charge >= 0.3 is 0 Å². The molecule has 0 aromatic heterocycles. The van der Waals surface area contributed by atoms with Crippen LogP contribution in [0.3, 0.4) is 0 Å². The van der Waals surface area contributed by atoms with Crippen LogP contribution in [0.1, 0.15) is 296 Å². The van der Waals surface area contributed by atoms with Crippen LogP contribution in [0.2, 0.25) is 0 Å². The SMILES string of the molecule is CCCOCC(C)OCCCC(C)C.CCCOCCOCCOCCOCCOCCCC(C)C.CCOCC(C)OCCCC(C)C.COCC(C)OCC(C)OCCCC(C)C.COCC(C)OCC(C)OCCCC(C)C.COCC(C)OCCCC(C)C.COCCOCCOCCOCCOCCOCCCC(C)C.COCCOCOCCCC(C)C. The highest BCUT2D eigenvalue weighted by atomic mass is 16.7. The summed E-state index contributed by atoms with van der Waals surface area (Å²) in [5.74, 6) is 6.14. The Morgan fingerprint density at radius 3 is 0.558 bits per heavy atom. The van der Waals surface area contributed by atoms with Gasteiger partial charge in [-0.2, -0.15) is 0 Å². The molecule has 7 atom stereocenters. The van der Waals surface area contributed by atoms with Gasteiger partial charge in [0.15, 0.2) is 0 Å². The van der Waals surface area contributed by atoms with Crippen molar-refractivity contribution in [1.29, 1.82) is 0 Å². The lowest BCUT2D eigenvalue weighted by Gasteiger charge is -2.17. The second kappa shape index (κ2) is 125. The Bertz CT molecular complexity index is 1840. The van der Waals surface area contributed by atoms with E-state index in [1.807, 2.05) is 27.7 Å². The lowest BCUT2D eigenvalue weighted by Crippen LogP contribution is -2.23. The number of hydrogen-bond donors (Lipinski definition) is 0. The summed E-state index contributed by atoms with van der Waals surface area (Å²) in [5.41, 5.74) is 0. The zero-order valence-electron chi connectivity index (χ0n) is 90.6. The van der Waals surface area contributed by atoms with Gasteiger partial charge in [0.1, 0.15) is 6.79 Å². The average molecular weight is 1880 g/mol. The highest BCUT2D eigenvalue weighted by molar-refractivity contribution is 4.58. The Labute approximate surface area is 798 Å². The zero-order valence-corrected chi connectivity index (χ0v) is 90.6. The van der Waals surface area contributed by atoms with E-state index in [0.29, 0.717) is 172 Å². The standard InChI is InChI=1S/C17H36O6.C17H36O5.2C13H28O3.C12H26O2.C11H24O2.C10H22O3.C10H22O2/c1-17(2)5-4-6-19-9-10-21-13-14-23-16-15-22-12-11-20-8-7-18-3;1-4-7-18-9-11-20-13-15-22-16-14-21-12-10-19-8-5-6-17(2)3;2*1-11(2)7-6-8-15-13(4)10-16-12(3)9-14-5;1-5-8-13-10-12(4)14-9-6-7-11(2)3;1-5-12-9-11(4)13-8-6-7-10(2)3;1-10(2)5-4-6-12-9-13-8-7-11-3;1-9(2)6-5-7-12-10(3)8-11-4/h17H,4-16H2,1-3H3;17H,4-16H2,1-3H3;2*11-13H,6-10H2,1-5H3;11-12H,5-10H2,1-4H3;10-11H,5-9H2,1-4H3;10H,4-9H2,1-3H3;9-10H,5-8H2,1-4H3. The van der Waals surface area contributed by atoms with E-state index >= 15 is 0 Å². The third kappa shape index (κ3) is 161. The van der Waals surface area contributed by atoms with Crippen molar-refractivity contribution in [2.75, 3.05) is 293 Å². The maximum absolute atomic E-state index is 5.66. The molecular formula is C103H222O26. The first kappa shape index (κ1) is 143. The van der Waals surface area contributed by atoms with Crippen molar-refractivity contribution >= 4 is 0 Å². The van der Waals surface area contributed by atoms with Crippen molar-refractivity contribution in [2.45, 2.75) is 338 Å². The Morgan fingerprint density at radius 2 is 0.326 bits per heavy atom. The molecule has 26 nitrogen and oxygen atoms in total. The van der Waals surface area contributed by atoms with Crippen molar-refractivity contribution in [3.8, 4) is 0 Å². The summed E-state index contributed by atoms with van der Waals surface area (Å²) in [4.78, 5) is 0. The van der Waals surface area contributed by atoms with Crippen LogP contribution in [0, 0.1) is 47.3 Å². The predicted molar refractivity (Wildman–Crippen MR) is 533 cm³/mol. The van der Waals surface area contributed by atoms with Crippen LogP contribution in [0.25, 0.3) is 0 Å². The van der Waals surface area contributed by atoms with Crippen LogP contribution >= 0.6 is 0 Å². The van der Waals surface area contributed by atoms with Crippen LogP contribution in [0.5, 0.6) is 0 Å². The Hall–Kier alpha value is -1.04. The number of rotatable bonds is 90. The summed E-state index contributed by atoms with van der Waals surface area (Å²) >= 11 is 0. The van der Waals surface area contributed by atoms with Gasteiger partial charge in [0, 0.05) is 108 Å². The first-order chi connectivity index (χ1) is 61.9. The summed E-state index contributed by atoms with van der Waals surface area (Å²) in [6, 6.07) is 0. The molecule has 0 aliphatic carbocycles. The minimum absolute atomic E-state index is 0.145. The molecule has 0 N–H and O–H groups in total. The molecule has 7 unspecified atom stereocenters. The van der Waals surface area contributed by atoms with Gasteiger partial charge in [-0.3, -0.25) is 0 Å². The number of hydrogen-bond acceptors (Lipinski definition) is 26. The molecule has 0 radical (unpaired) electrons. The topological polar surface area (TPSA) is 240 Å². The fraction of sp³-hybridized carbons (Fsp3) is 1.00. The molecule has 0 aromatic carbocycles. The van der Waals surface area contributed by atoms with Crippen LogP contribution in [0.15, 0.2) is 0 Å². The van der Waals surface area contributed by atoms with Gasteiger partial charge in [-0.1, -0.05) is 125 Å². The van der Waals surface area contributed by atoms with Crippen LogP contribution < -0.4 is 0 Å². The normalized spacial score (nSPS) is 13.0. The molecule has 0 bridgehead atoms. The molecular weight excluding hydrogens is 1650 g/mol. The van der Waals surface area contributed by atoms with E-state index in [-0.39, 0.29) is 42.7 Å². The van der Waals surface area contributed by atoms with E-state index in [1.54, 1.807) is 35.5 Å². The lowest BCUT2D eigenvalue weighted by atomic mass is 10.1. The molecule has 0 fully saturated rings. The molecule has 790 valence electrons. The summed E-state index contributed by atoms with van der Waals surface area (Å²) in [5, 5.41) is 0. The fourth-order valence-corrected chi connectivity index (χ4v) is 10.5. The van der Waals surface area contributed by atoms with Gasteiger partial charge in [0.05, 0.1) is 221 Å². The van der Waals surface area contributed by atoms with Crippen molar-refractivity contribution in [1.82, 2.24) is 0 Å². The molecule has 0 amide bonds. The van der Waals surface area contributed by atoms with Gasteiger partial charge < -0.3 is 123 Å². The molecule has 0 aromatic rings. The highest BCUT2D eigenvalue weighted by Gasteiger charge is 2.11. The van der Waals surface area contributed by atoms with Gasteiger partial charge in [0.2, 0.25) is 0 Å². The van der Waals surface area contributed by atoms with Crippen molar-refractivity contribution in [3.05, 3.63) is 0 Å². The molecule has 129 heavy (non-hydrogen) atoms. The first-order valence-corrected chi connectivity index (χ1v) is 50.8. The zero-order chi connectivity index (χ0) is 98.4. The Balaban J connectivity index is -0.000000218. The predicted octanol–water partition coefficient (Wildman–Crippen LogP) is 21.5. The van der Waals surface area contributed by atoms with Gasteiger partial charge in [-0.25, -0.2) is 0 Å². The minimum atomic E-state index is 0.145. The molecule has 0 aliphatic heterocycles. The van der Waals surface area contributed by atoms with Gasteiger partial charge in [0.25, 0.3) is 0 Å². The molecule has 0 saturated carbocycles. The summed E-state index contributed by atoms with van der Waals surface area (Å²) in [6.07, 6.45) is 22.5. The summed E-state index contributed by atoms with van der Waals surface area (Å²) in [7, 11) is 8.39. The van der Waals surface area contributed by atoms with Crippen LogP contribution in [-0.4, -0.2) is 336 Å². The van der Waals surface area contributed by atoms with E-state index < -0.39 is 0 Å². The van der Waals surface area contributed by atoms with E-state index in [4.69, 9.17) is 123 Å². The fourth-order valence-electron chi connectivity index (χ4n) is 10.5. The first-order valence-electron chi connectivity index (χ1n) is 50.8. The smallest absolute Gasteiger partial charge is 0.146 e. The second-order valence-corrected chi connectivity index (χ2v) is 36.1. The average Bonchev–Trinajstić information content (AvgIpc) is 1.02. The van der Waals surface area contributed by atoms with E-state index in [2.05, 4.69) is 152 Å². The second-order valence-electron chi connectivity index (χ2n) is 36.1. The monoisotopic (exact) mass is 1880 g/mol. The Morgan fingerprint density at radius 1 is 0.147 bits per heavy atom. The van der Waals surface area contributed by atoms with E-state index in [9.17, 15) is 0 Å². The van der Waals surface area contributed by atoms with Crippen LogP contribution in [-0.2, 0) is 123 Å². The van der Waals surface area contributed by atoms with E-state index in [1.165, 1.54) is 51.4 Å². The Kier molecular flexibility index (Phi) is 139. The molecule has 0 aliphatic rings. The van der Waals surface area contributed by atoms with Crippen molar-refractivity contribution in [2.24, 2.45) is 47.3 Å². The highest BCUT2D eigenvalue weighted by Crippen LogP contribution is 2.12. The largest absolute Gasteiger partial charge is 0.382 e. The third-order valence-corrected chi connectivity index (χ3v) is 17.9. The van der Waals surface area contributed by atoms with Crippen molar-refractivity contribution in [3.63, 3.8) is 0 Å². The molecule has 0 heterocycles. The quantitative estimate of drug-likeness (QED) is 0.0406. The maximum atomic E-state index is 5.66. The molecule has 0 rings (SSSR count).